The van der Waals surface area contributed by atoms with Gasteiger partial charge < -0.3 is 14.8 Å². The molecule has 2 aromatic carbocycles. The van der Waals surface area contributed by atoms with Crippen LogP contribution < -0.4 is 15.4 Å². The zero-order chi connectivity index (χ0) is 18.2. The van der Waals surface area contributed by atoms with Crippen LogP contribution in [0.15, 0.2) is 48.5 Å². The summed E-state index contributed by atoms with van der Waals surface area (Å²) in [5.74, 6) is 0.281. The number of hydrogen-bond donors (Lipinski definition) is 2. The summed E-state index contributed by atoms with van der Waals surface area (Å²) in [6.45, 7) is 1.77. The SMILES string of the molecule is COC(=O)Nc1ccc(OCC(=O)NC(C)c2ccc(Cl)cc2)cc1. The molecule has 1 unspecified atom stereocenters. The molecule has 0 radical (unpaired) electrons. The molecule has 132 valence electrons. The molecule has 0 saturated carbocycles. The zero-order valence-electron chi connectivity index (χ0n) is 13.9. The number of nitrogens with one attached hydrogen (secondary N) is 2. The van der Waals surface area contributed by atoms with E-state index in [2.05, 4.69) is 15.4 Å². The van der Waals surface area contributed by atoms with Crippen molar-refractivity contribution in [3.8, 4) is 5.75 Å². The lowest BCUT2D eigenvalue weighted by Crippen LogP contribution is -2.31. The van der Waals surface area contributed by atoms with Gasteiger partial charge in [0.1, 0.15) is 5.75 Å². The predicted molar refractivity (Wildman–Crippen MR) is 96.0 cm³/mol. The summed E-state index contributed by atoms with van der Waals surface area (Å²) < 4.78 is 9.93. The fraction of sp³-hybridized carbons (Fsp3) is 0.222. The Morgan fingerprint density at radius 1 is 1.08 bits per heavy atom. The lowest BCUT2D eigenvalue weighted by molar-refractivity contribution is -0.123. The quantitative estimate of drug-likeness (QED) is 0.820. The Kier molecular flexibility index (Phi) is 6.65. The van der Waals surface area contributed by atoms with Crippen LogP contribution in [0.3, 0.4) is 0 Å². The molecule has 0 spiro atoms. The lowest BCUT2D eigenvalue weighted by Gasteiger charge is -2.15. The Morgan fingerprint density at radius 2 is 1.72 bits per heavy atom. The van der Waals surface area contributed by atoms with Gasteiger partial charge in [-0.3, -0.25) is 10.1 Å². The Labute approximate surface area is 151 Å². The van der Waals surface area contributed by atoms with Gasteiger partial charge in [-0.1, -0.05) is 23.7 Å². The topological polar surface area (TPSA) is 76.7 Å². The molecule has 1 atom stereocenters. The van der Waals surface area contributed by atoms with Crippen LogP contribution in [-0.2, 0) is 9.53 Å². The minimum Gasteiger partial charge on any atom is -0.484 e. The minimum absolute atomic E-state index is 0.109. The van der Waals surface area contributed by atoms with E-state index in [1.165, 1.54) is 7.11 Å². The first-order valence-electron chi connectivity index (χ1n) is 7.60. The number of rotatable bonds is 6. The third-order valence-electron chi connectivity index (χ3n) is 3.40. The maximum atomic E-state index is 12.0. The average molecular weight is 363 g/mol. The summed E-state index contributed by atoms with van der Waals surface area (Å²) >= 11 is 5.85. The van der Waals surface area contributed by atoms with E-state index in [-0.39, 0.29) is 18.6 Å². The van der Waals surface area contributed by atoms with E-state index in [1.807, 2.05) is 19.1 Å². The fourth-order valence-corrected chi connectivity index (χ4v) is 2.20. The average Bonchev–Trinajstić information content (AvgIpc) is 2.61. The molecule has 0 saturated heterocycles. The van der Waals surface area contributed by atoms with Gasteiger partial charge in [-0.15, -0.1) is 0 Å². The number of carbonyl (C=O) groups excluding carboxylic acids is 2. The number of hydrogen-bond acceptors (Lipinski definition) is 4. The molecule has 7 heteroatoms. The van der Waals surface area contributed by atoms with Crippen molar-refractivity contribution >= 4 is 29.3 Å². The number of ether oxygens (including phenoxy) is 2. The number of anilines is 1. The van der Waals surface area contributed by atoms with E-state index in [9.17, 15) is 9.59 Å². The molecule has 2 amide bonds. The normalized spacial score (nSPS) is 11.3. The first-order chi connectivity index (χ1) is 12.0. The van der Waals surface area contributed by atoms with Crippen LogP contribution in [0.5, 0.6) is 5.75 Å². The van der Waals surface area contributed by atoms with Crippen LogP contribution in [0.4, 0.5) is 10.5 Å². The van der Waals surface area contributed by atoms with Crippen molar-refractivity contribution in [2.24, 2.45) is 0 Å². The Hall–Kier alpha value is -2.73. The number of amides is 2. The Morgan fingerprint density at radius 3 is 2.32 bits per heavy atom. The summed E-state index contributed by atoms with van der Waals surface area (Å²) in [4.78, 5) is 23.1. The number of benzene rings is 2. The zero-order valence-corrected chi connectivity index (χ0v) is 14.7. The van der Waals surface area contributed by atoms with Crippen molar-refractivity contribution in [3.05, 3.63) is 59.1 Å². The summed E-state index contributed by atoms with van der Waals surface area (Å²) in [7, 11) is 1.29. The molecule has 0 aliphatic rings. The fourth-order valence-electron chi connectivity index (χ4n) is 2.07. The monoisotopic (exact) mass is 362 g/mol. The van der Waals surface area contributed by atoms with Gasteiger partial charge in [0.05, 0.1) is 13.2 Å². The molecule has 2 rings (SSSR count). The molecular weight excluding hydrogens is 344 g/mol. The second-order valence-electron chi connectivity index (χ2n) is 5.27. The Balaban J connectivity index is 1.81. The number of methoxy groups -OCH3 is 1. The molecule has 0 aromatic heterocycles. The van der Waals surface area contributed by atoms with Gasteiger partial charge in [-0.25, -0.2) is 4.79 Å². The van der Waals surface area contributed by atoms with E-state index >= 15 is 0 Å². The third-order valence-corrected chi connectivity index (χ3v) is 3.66. The maximum Gasteiger partial charge on any atom is 0.411 e. The highest BCUT2D eigenvalue weighted by atomic mass is 35.5. The van der Waals surface area contributed by atoms with E-state index < -0.39 is 6.09 Å². The summed E-state index contributed by atoms with van der Waals surface area (Å²) in [6.07, 6.45) is -0.552. The van der Waals surface area contributed by atoms with Crippen molar-refractivity contribution < 1.29 is 19.1 Å². The van der Waals surface area contributed by atoms with Crippen LogP contribution in [0.2, 0.25) is 5.02 Å². The highest BCUT2D eigenvalue weighted by molar-refractivity contribution is 6.30. The molecular formula is C18H19ClN2O4. The minimum atomic E-state index is -0.552. The van der Waals surface area contributed by atoms with E-state index in [0.717, 1.165) is 5.56 Å². The smallest absolute Gasteiger partial charge is 0.411 e. The van der Waals surface area contributed by atoms with Crippen LogP contribution in [0.1, 0.15) is 18.5 Å². The van der Waals surface area contributed by atoms with E-state index in [1.54, 1.807) is 36.4 Å². The molecule has 0 heterocycles. The molecule has 2 aromatic rings. The standard InChI is InChI=1S/C18H19ClN2O4/c1-12(13-3-5-14(19)6-4-13)20-17(22)11-25-16-9-7-15(8-10-16)21-18(23)24-2/h3-10,12H,11H2,1-2H3,(H,20,22)(H,21,23). The summed E-state index contributed by atoms with van der Waals surface area (Å²) in [5.41, 5.74) is 1.52. The van der Waals surface area contributed by atoms with Gasteiger partial charge in [0.2, 0.25) is 0 Å². The lowest BCUT2D eigenvalue weighted by atomic mass is 10.1. The summed E-state index contributed by atoms with van der Waals surface area (Å²) in [6, 6.07) is 13.7. The second-order valence-corrected chi connectivity index (χ2v) is 5.71. The predicted octanol–water partition coefficient (Wildman–Crippen LogP) is 3.77. The van der Waals surface area contributed by atoms with Crippen LogP contribution in [0, 0.1) is 0 Å². The number of carbonyl (C=O) groups is 2. The summed E-state index contributed by atoms with van der Waals surface area (Å²) in [5, 5.41) is 6.03. The van der Waals surface area contributed by atoms with Gasteiger partial charge >= 0.3 is 6.09 Å². The van der Waals surface area contributed by atoms with Crippen LogP contribution in [-0.4, -0.2) is 25.7 Å². The van der Waals surface area contributed by atoms with Crippen molar-refractivity contribution in [3.63, 3.8) is 0 Å². The molecule has 0 aliphatic heterocycles. The van der Waals surface area contributed by atoms with Gasteiger partial charge in [-0.2, -0.15) is 0 Å². The van der Waals surface area contributed by atoms with E-state index in [4.69, 9.17) is 16.3 Å². The molecule has 25 heavy (non-hydrogen) atoms. The second kappa shape index (κ2) is 8.94. The molecule has 0 aliphatic carbocycles. The van der Waals surface area contributed by atoms with Crippen molar-refractivity contribution in [1.82, 2.24) is 5.32 Å². The Bertz CT molecular complexity index is 717. The van der Waals surface area contributed by atoms with Crippen molar-refractivity contribution in [2.45, 2.75) is 13.0 Å². The van der Waals surface area contributed by atoms with Crippen LogP contribution >= 0.6 is 11.6 Å². The maximum absolute atomic E-state index is 12.0. The van der Waals surface area contributed by atoms with Gasteiger partial charge in [0.15, 0.2) is 6.61 Å². The first-order valence-corrected chi connectivity index (χ1v) is 7.98. The van der Waals surface area contributed by atoms with Gasteiger partial charge in [0, 0.05) is 10.7 Å². The first kappa shape index (κ1) is 18.6. The highest BCUT2D eigenvalue weighted by Gasteiger charge is 2.10. The largest absolute Gasteiger partial charge is 0.484 e. The van der Waals surface area contributed by atoms with Crippen molar-refractivity contribution in [1.29, 1.82) is 0 Å². The number of halogens is 1. The molecule has 2 N–H and O–H groups in total. The highest BCUT2D eigenvalue weighted by Crippen LogP contribution is 2.17. The molecule has 0 fully saturated rings. The molecule has 0 bridgehead atoms. The van der Waals surface area contributed by atoms with E-state index in [0.29, 0.717) is 16.5 Å². The van der Waals surface area contributed by atoms with Crippen molar-refractivity contribution in [2.75, 3.05) is 19.0 Å². The third kappa shape index (κ3) is 6.00. The van der Waals surface area contributed by atoms with Gasteiger partial charge in [0.25, 0.3) is 5.91 Å². The van der Waals surface area contributed by atoms with Crippen LogP contribution in [0.25, 0.3) is 0 Å². The van der Waals surface area contributed by atoms with Gasteiger partial charge in [-0.05, 0) is 48.9 Å². The molecule has 6 nitrogen and oxygen atoms in total.